The number of carbonyl (C=O) groups excluding carboxylic acids is 1. The molecule has 2 aromatic rings. The van der Waals surface area contributed by atoms with E-state index in [1.165, 1.54) is 11.1 Å². The molecule has 3 rings (SSSR count). The molecule has 144 valence electrons. The number of methoxy groups -OCH3 is 2. The first-order valence-corrected chi connectivity index (χ1v) is 9.66. The standard InChI is InChI=1S/C23H29NO3/c1-17-7-9-18(10-8-17)5-4-6-23(25)24(20-11-12-20)16-19-15-21(26-2)13-14-22(19)27-3/h7-10,13-15,20H,4-6,11-12,16H2,1-3H3. The average Bonchev–Trinajstić information content (AvgIpc) is 3.52. The molecule has 0 heterocycles. The number of carbonyl (C=O) groups is 1. The van der Waals surface area contributed by atoms with Crippen molar-refractivity contribution in [1.29, 1.82) is 0 Å². The van der Waals surface area contributed by atoms with E-state index in [1.54, 1.807) is 14.2 Å². The van der Waals surface area contributed by atoms with Gasteiger partial charge in [0.05, 0.1) is 14.2 Å². The second kappa shape index (κ2) is 8.94. The van der Waals surface area contributed by atoms with Crippen LogP contribution in [0.2, 0.25) is 0 Å². The molecule has 0 saturated heterocycles. The van der Waals surface area contributed by atoms with Gasteiger partial charge in [-0.3, -0.25) is 4.79 Å². The van der Waals surface area contributed by atoms with Crippen LogP contribution in [0.3, 0.4) is 0 Å². The van der Waals surface area contributed by atoms with E-state index in [4.69, 9.17) is 9.47 Å². The summed E-state index contributed by atoms with van der Waals surface area (Å²) < 4.78 is 10.8. The number of hydrogen-bond acceptors (Lipinski definition) is 3. The lowest BCUT2D eigenvalue weighted by Crippen LogP contribution is -2.32. The summed E-state index contributed by atoms with van der Waals surface area (Å²) in [5, 5.41) is 0. The zero-order valence-electron chi connectivity index (χ0n) is 16.5. The number of rotatable bonds is 9. The van der Waals surface area contributed by atoms with Crippen LogP contribution in [0, 0.1) is 6.92 Å². The summed E-state index contributed by atoms with van der Waals surface area (Å²) >= 11 is 0. The van der Waals surface area contributed by atoms with E-state index < -0.39 is 0 Å². The fourth-order valence-electron chi connectivity index (χ4n) is 3.34. The first-order valence-electron chi connectivity index (χ1n) is 9.66. The topological polar surface area (TPSA) is 38.8 Å². The molecule has 27 heavy (non-hydrogen) atoms. The van der Waals surface area contributed by atoms with Gasteiger partial charge in [-0.15, -0.1) is 0 Å². The Bertz CT molecular complexity index is 766. The van der Waals surface area contributed by atoms with Gasteiger partial charge in [-0.05, 0) is 56.4 Å². The second-order valence-corrected chi connectivity index (χ2v) is 7.27. The van der Waals surface area contributed by atoms with Gasteiger partial charge < -0.3 is 14.4 Å². The maximum absolute atomic E-state index is 12.9. The first kappa shape index (κ1) is 19.3. The van der Waals surface area contributed by atoms with E-state index in [9.17, 15) is 4.79 Å². The summed E-state index contributed by atoms with van der Waals surface area (Å²) in [6, 6.07) is 14.7. The van der Waals surface area contributed by atoms with Crippen LogP contribution >= 0.6 is 0 Å². The Hall–Kier alpha value is -2.49. The van der Waals surface area contributed by atoms with Crippen LogP contribution in [0.5, 0.6) is 11.5 Å². The highest BCUT2D eigenvalue weighted by Gasteiger charge is 2.32. The summed E-state index contributed by atoms with van der Waals surface area (Å²) in [4.78, 5) is 14.9. The zero-order chi connectivity index (χ0) is 19.2. The van der Waals surface area contributed by atoms with Crippen molar-refractivity contribution in [3.63, 3.8) is 0 Å². The minimum absolute atomic E-state index is 0.231. The van der Waals surface area contributed by atoms with E-state index in [-0.39, 0.29) is 5.91 Å². The Morgan fingerprint density at radius 3 is 2.44 bits per heavy atom. The Morgan fingerprint density at radius 1 is 1.07 bits per heavy atom. The van der Waals surface area contributed by atoms with Gasteiger partial charge in [0.15, 0.2) is 0 Å². The molecule has 0 radical (unpaired) electrons. The Morgan fingerprint density at radius 2 is 1.81 bits per heavy atom. The molecule has 1 aliphatic carbocycles. The first-order chi connectivity index (χ1) is 13.1. The number of nitrogens with zero attached hydrogens (tertiary/aromatic N) is 1. The van der Waals surface area contributed by atoms with E-state index in [0.29, 0.717) is 19.0 Å². The van der Waals surface area contributed by atoms with Crippen LogP contribution in [0.15, 0.2) is 42.5 Å². The van der Waals surface area contributed by atoms with Crippen molar-refractivity contribution in [2.24, 2.45) is 0 Å². The molecular weight excluding hydrogens is 338 g/mol. The smallest absolute Gasteiger partial charge is 0.223 e. The van der Waals surface area contributed by atoms with Crippen molar-refractivity contribution in [2.45, 2.75) is 51.6 Å². The lowest BCUT2D eigenvalue weighted by atomic mass is 10.1. The molecule has 4 nitrogen and oxygen atoms in total. The highest BCUT2D eigenvalue weighted by Crippen LogP contribution is 2.32. The van der Waals surface area contributed by atoms with Gasteiger partial charge in [-0.25, -0.2) is 0 Å². The fourth-order valence-corrected chi connectivity index (χ4v) is 3.34. The Kier molecular flexibility index (Phi) is 6.38. The molecule has 1 saturated carbocycles. The van der Waals surface area contributed by atoms with E-state index in [0.717, 1.165) is 42.7 Å². The Balaban J connectivity index is 1.61. The number of amides is 1. The fraction of sp³-hybridized carbons (Fsp3) is 0.435. The predicted molar refractivity (Wildman–Crippen MR) is 107 cm³/mol. The summed E-state index contributed by atoms with van der Waals surface area (Å²) in [7, 11) is 3.32. The number of aryl methyl sites for hydroxylation is 2. The summed E-state index contributed by atoms with van der Waals surface area (Å²) in [6.45, 7) is 2.67. The third kappa shape index (κ3) is 5.25. The van der Waals surface area contributed by atoms with Crippen molar-refractivity contribution in [1.82, 2.24) is 4.90 Å². The van der Waals surface area contributed by atoms with Crippen molar-refractivity contribution in [3.05, 3.63) is 59.2 Å². The Labute approximate surface area is 162 Å². The van der Waals surface area contributed by atoms with Gasteiger partial charge >= 0.3 is 0 Å². The van der Waals surface area contributed by atoms with Crippen molar-refractivity contribution >= 4 is 5.91 Å². The summed E-state index contributed by atoms with van der Waals surface area (Å²) in [5.74, 6) is 1.82. The number of benzene rings is 2. The van der Waals surface area contributed by atoms with E-state index >= 15 is 0 Å². The summed E-state index contributed by atoms with van der Waals surface area (Å²) in [5.41, 5.74) is 3.55. The van der Waals surface area contributed by atoms with Gasteiger partial charge in [0.1, 0.15) is 11.5 Å². The lowest BCUT2D eigenvalue weighted by Gasteiger charge is -2.24. The molecular formula is C23H29NO3. The maximum Gasteiger partial charge on any atom is 0.223 e. The van der Waals surface area contributed by atoms with Gasteiger partial charge in [0.25, 0.3) is 0 Å². The van der Waals surface area contributed by atoms with E-state index in [2.05, 4.69) is 31.2 Å². The van der Waals surface area contributed by atoms with Gasteiger partial charge in [-0.1, -0.05) is 29.8 Å². The highest BCUT2D eigenvalue weighted by atomic mass is 16.5. The second-order valence-electron chi connectivity index (χ2n) is 7.27. The van der Waals surface area contributed by atoms with Crippen molar-refractivity contribution in [2.75, 3.05) is 14.2 Å². The van der Waals surface area contributed by atoms with Crippen LogP contribution < -0.4 is 9.47 Å². The highest BCUT2D eigenvalue weighted by molar-refractivity contribution is 5.77. The molecule has 0 N–H and O–H groups in total. The normalized spacial score (nSPS) is 13.3. The molecule has 0 aliphatic heterocycles. The van der Waals surface area contributed by atoms with Gasteiger partial charge in [0, 0.05) is 24.6 Å². The molecule has 0 atom stereocenters. The van der Waals surface area contributed by atoms with E-state index in [1.807, 2.05) is 23.1 Å². The third-order valence-electron chi connectivity index (χ3n) is 5.11. The number of ether oxygens (including phenoxy) is 2. The van der Waals surface area contributed by atoms with Crippen molar-refractivity contribution < 1.29 is 14.3 Å². The third-order valence-corrected chi connectivity index (χ3v) is 5.11. The zero-order valence-corrected chi connectivity index (χ0v) is 16.5. The molecule has 4 heteroatoms. The molecule has 1 fully saturated rings. The minimum atomic E-state index is 0.231. The molecule has 0 unspecified atom stereocenters. The monoisotopic (exact) mass is 367 g/mol. The van der Waals surface area contributed by atoms with Gasteiger partial charge in [-0.2, -0.15) is 0 Å². The maximum atomic E-state index is 12.9. The molecule has 0 spiro atoms. The number of hydrogen-bond donors (Lipinski definition) is 0. The minimum Gasteiger partial charge on any atom is -0.497 e. The quantitative estimate of drug-likeness (QED) is 0.654. The summed E-state index contributed by atoms with van der Waals surface area (Å²) in [6.07, 6.45) is 4.58. The van der Waals surface area contributed by atoms with Crippen LogP contribution in [0.4, 0.5) is 0 Å². The van der Waals surface area contributed by atoms with Crippen LogP contribution in [-0.4, -0.2) is 31.1 Å². The molecule has 1 aliphatic rings. The lowest BCUT2D eigenvalue weighted by molar-refractivity contribution is -0.132. The predicted octanol–water partition coefficient (Wildman–Crippen LogP) is 4.53. The van der Waals surface area contributed by atoms with Crippen LogP contribution in [0.25, 0.3) is 0 Å². The molecule has 1 amide bonds. The van der Waals surface area contributed by atoms with Gasteiger partial charge in [0.2, 0.25) is 5.91 Å². The average molecular weight is 367 g/mol. The molecule has 0 aromatic heterocycles. The molecule has 0 bridgehead atoms. The molecule has 2 aromatic carbocycles. The SMILES string of the molecule is COc1ccc(OC)c(CN(C(=O)CCCc2ccc(C)cc2)C2CC2)c1. The van der Waals surface area contributed by atoms with Crippen LogP contribution in [-0.2, 0) is 17.8 Å². The largest absolute Gasteiger partial charge is 0.497 e. The van der Waals surface area contributed by atoms with Crippen molar-refractivity contribution in [3.8, 4) is 11.5 Å². The van der Waals surface area contributed by atoms with Crippen LogP contribution in [0.1, 0.15) is 42.4 Å².